The molecule has 108 valence electrons. The van der Waals surface area contributed by atoms with Crippen LogP contribution in [0.3, 0.4) is 0 Å². The predicted molar refractivity (Wildman–Crippen MR) is 78.0 cm³/mol. The summed E-state index contributed by atoms with van der Waals surface area (Å²) in [6.45, 7) is 2.68. The van der Waals surface area contributed by atoms with Crippen LogP contribution in [0.25, 0.3) is 0 Å². The minimum atomic E-state index is -0.619. The fraction of sp³-hybridized carbons (Fsp3) is 0.231. The molecule has 1 heterocycles. The van der Waals surface area contributed by atoms with Gasteiger partial charge in [0.1, 0.15) is 17.4 Å². The van der Waals surface area contributed by atoms with Crippen LogP contribution in [-0.4, -0.2) is 21.5 Å². The number of rotatable bonds is 5. The molecule has 0 saturated heterocycles. The zero-order valence-electron chi connectivity index (χ0n) is 11.2. The Hall–Kier alpha value is -2.46. The number of anilines is 3. The molecule has 0 atom stereocenters. The molecule has 6 nitrogen and oxygen atoms in total. The van der Waals surface area contributed by atoms with Crippen molar-refractivity contribution in [1.29, 1.82) is 5.26 Å². The molecule has 8 heteroatoms. The molecule has 0 aliphatic rings. The molecule has 0 saturated carbocycles. The molecule has 2 N–H and O–H groups in total. The maximum Gasteiger partial charge on any atom is 0.233 e. The van der Waals surface area contributed by atoms with Crippen LogP contribution >= 0.6 is 11.6 Å². The van der Waals surface area contributed by atoms with E-state index in [0.717, 1.165) is 6.42 Å². The zero-order chi connectivity index (χ0) is 15.2. The van der Waals surface area contributed by atoms with Crippen molar-refractivity contribution in [3.05, 3.63) is 34.9 Å². The lowest BCUT2D eigenvalue weighted by Crippen LogP contribution is -2.08. The molecule has 0 bridgehead atoms. The van der Waals surface area contributed by atoms with Crippen molar-refractivity contribution < 1.29 is 4.39 Å². The Morgan fingerprint density at radius 1 is 1.29 bits per heavy atom. The van der Waals surface area contributed by atoms with Gasteiger partial charge in [-0.1, -0.05) is 13.0 Å². The minimum absolute atomic E-state index is 0.000939. The molecule has 0 unspecified atom stereocenters. The van der Waals surface area contributed by atoms with Crippen molar-refractivity contribution in [3.63, 3.8) is 0 Å². The summed E-state index contributed by atoms with van der Waals surface area (Å²) in [5, 5.41) is 14.7. The van der Waals surface area contributed by atoms with E-state index in [1.165, 1.54) is 12.1 Å². The summed E-state index contributed by atoms with van der Waals surface area (Å²) < 4.78 is 13.5. The van der Waals surface area contributed by atoms with Crippen molar-refractivity contribution in [2.75, 3.05) is 17.2 Å². The summed E-state index contributed by atoms with van der Waals surface area (Å²) in [7, 11) is 0. The highest BCUT2D eigenvalue weighted by molar-refractivity contribution is 6.28. The molecule has 1 aromatic carbocycles. The Labute approximate surface area is 126 Å². The third kappa shape index (κ3) is 3.77. The Bertz CT molecular complexity index is 685. The number of benzene rings is 1. The number of hydrogen-bond acceptors (Lipinski definition) is 6. The predicted octanol–water partition coefficient (Wildman–Crippen LogP) is 3.10. The first-order valence-corrected chi connectivity index (χ1v) is 6.63. The van der Waals surface area contributed by atoms with Crippen molar-refractivity contribution in [2.45, 2.75) is 13.3 Å². The first-order valence-electron chi connectivity index (χ1n) is 6.25. The van der Waals surface area contributed by atoms with Crippen LogP contribution in [0.1, 0.15) is 18.9 Å². The Kier molecular flexibility index (Phi) is 4.85. The maximum atomic E-state index is 13.5. The molecular formula is C13H12ClFN6. The van der Waals surface area contributed by atoms with Gasteiger partial charge in [-0.25, -0.2) is 4.39 Å². The van der Waals surface area contributed by atoms with E-state index in [1.54, 1.807) is 12.1 Å². The molecule has 2 aromatic rings. The first-order chi connectivity index (χ1) is 10.1. The van der Waals surface area contributed by atoms with Gasteiger partial charge in [0.25, 0.3) is 0 Å². The Balaban J connectivity index is 2.30. The van der Waals surface area contributed by atoms with Crippen LogP contribution in [0, 0.1) is 17.1 Å². The number of nitrogens with one attached hydrogen (secondary N) is 2. The third-order valence-electron chi connectivity index (χ3n) is 2.51. The van der Waals surface area contributed by atoms with Gasteiger partial charge in [-0.2, -0.15) is 20.2 Å². The molecule has 0 spiro atoms. The minimum Gasteiger partial charge on any atom is -0.354 e. The van der Waals surface area contributed by atoms with E-state index in [9.17, 15) is 4.39 Å². The molecule has 0 radical (unpaired) electrons. The highest BCUT2D eigenvalue weighted by Crippen LogP contribution is 2.21. The normalized spacial score (nSPS) is 10.0. The SMILES string of the molecule is CCCNc1nc(Cl)nc(Nc2cccc(F)c2C#N)n1. The second-order valence-corrected chi connectivity index (χ2v) is 4.42. The van der Waals surface area contributed by atoms with Gasteiger partial charge in [-0.05, 0) is 30.2 Å². The molecule has 0 aliphatic carbocycles. The van der Waals surface area contributed by atoms with Crippen LogP contribution in [0.5, 0.6) is 0 Å². The number of nitrogens with zero attached hydrogens (tertiary/aromatic N) is 4. The summed E-state index contributed by atoms with van der Waals surface area (Å²) in [5.41, 5.74) is 0.151. The van der Waals surface area contributed by atoms with Gasteiger partial charge < -0.3 is 10.6 Å². The summed E-state index contributed by atoms with van der Waals surface area (Å²) in [6, 6.07) is 6.03. The van der Waals surface area contributed by atoms with Crippen LogP contribution in [-0.2, 0) is 0 Å². The highest BCUT2D eigenvalue weighted by Gasteiger charge is 2.10. The van der Waals surface area contributed by atoms with E-state index in [4.69, 9.17) is 16.9 Å². The molecule has 0 amide bonds. The number of aromatic nitrogens is 3. The van der Waals surface area contributed by atoms with E-state index < -0.39 is 5.82 Å². The van der Waals surface area contributed by atoms with Gasteiger partial charge in [-0.15, -0.1) is 0 Å². The molecule has 0 fully saturated rings. The summed E-state index contributed by atoms with van der Waals surface area (Å²) >= 11 is 5.82. The smallest absolute Gasteiger partial charge is 0.233 e. The molecule has 21 heavy (non-hydrogen) atoms. The van der Waals surface area contributed by atoms with E-state index in [-0.39, 0.29) is 22.5 Å². The van der Waals surface area contributed by atoms with E-state index in [1.807, 2.05) is 6.92 Å². The van der Waals surface area contributed by atoms with E-state index in [0.29, 0.717) is 12.5 Å². The fourth-order valence-electron chi connectivity index (χ4n) is 1.58. The molecule has 0 aliphatic heterocycles. The average molecular weight is 307 g/mol. The lowest BCUT2D eigenvalue weighted by Gasteiger charge is -2.09. The van der Waals surface area contributed by atoms with Gasteiger partial charge in [0.05, 0.1) is 5.69 Å². The summed E-state index contributed by atoms with van der Waals surface area (Å²) in [6.07, 6.45) is 0.897. The third-order valence-corrected chi connectivity index (χ3v) is 2.68. The van der Waals surface area contributed by atoms with Crippen LogP contribution in [0.2, 0.25) is 5.28 Å². The van der Waals surface area contributed by atoms with Crippen molar-refractivity contribution in [3.8, 4) is 6.07 Å². The van der Waals surface area contributed by atoms with E-state index in [2.05, 4.69) is 25.6 Å². The quantitative estimate of drug-likeness (QED) is 0.882. The summed E-state index contributed by atoms with van der Waals surface area (Å²) in [5.74, 6) is -0.169. The molecule has 1 aromatic heterocycles. The molecule has 2 rings (SSSR count). The molecular weight excluding hydrogens is 295 g/mol. The maximum absolute atomic E-state index is 13.5. The van der Waals surface area contributed by atoms with E-state index >= 15 is 0 Å². The monoisotopic (exact) mass is 306 g/mol. The Morgan fingerprint density at radius 2 is 2.05 bits per heavy atom. The van der Waals surface area contributed by atoms with Gasteiger partial charge >= 0.3 is 0 Å². The van der Waals surface area contributed by atoms with Crippen LogP contribution in [0.15, 0.2) is 18.2 Å². The first kappa shape index (κ1) is 14.9. The lowest BCUT2D eigenvalue weighted by molar-refractivity contribution is 0.624. The van der Waals surface area contributed by atoms with Crippen molar-refractivity contribution in [2.24, 2.45) is 0 Å². The average Bonchev–Trinajstić information content (AvgIpc) is 2.45. The highest BCUT2D eigenvalue weighted by atomic mass is 35.5. The van der Waals surface area contributed by atoms with Gasteiger partial charge in [-0.3, -0.25) is 0 Å². The number of halogens is 2. The fourth-order valence-corrected chi connectivity index (χ4v) is 1.74. The second kappa shape index (κ2) is 6.81. The zero-order valence-corrected chi connectivity index (χ0v) is 11.9. The second-order valence-electron chi connectivity index (χ2n) is 4.08. The van der Waals surface area contributed by atoms with Crippen molar-refractivity contribution in [1.82, 2.24) is 15.0 Å². The standard InChI is InChI=1S/C13H12ClFN6/c1-2-6-17-12-19-11(14)20-13(21-12)18-10-5-3-4-9(15)8(10)7-16/h3-5H,2,6H2,1H3,(H2,17,18,19,20,21). The van der Waals surface area contributed by atoms with Gasteiger partial charge in [0, 0.05) is 6.54 Å². The van der Waals surface area contributed by atoms with Crippen LogP contribution < -0.4 is 10.6 Å². The topological polar surface area (TPSA) is 86.5 Å². The van der Waals surface area contributed by atoms with Crippen molar-refractivity contribution >= 4 is 29.2 Å². The van der Waals surface area contributed by atoms with Gasteiger partial charge in [0.2, 0.25) is 17.2 Å². The largest absolute Gasteiger partial charge is 0.354 e. The lowest BCUT2D eigenvalue weighted by atomic mass is 10.2. The van der Waals surface area contributed by atoms with Crippen LogP contribution in [0.4, 0.5) is 22.0 Å². The Morgan fingerprint density at radius 3 is 2.76 bits per heavy atom. The summed E-state index contributed by atoms with van der Waals surface area (Å²) in [4.78, 5) is 11.9. The number of nitriles is 1. The number of hydrogen-bond donors (Lipinski definition) is 2. The van der Waals surface area contributed by atoms with Gasteiger partial charge in [0.15, 0.2) is 0 Å².